The maximum atomic E-state index is 13.3. The fourth-order valence-corrected chi connectivity index (χ4v) is 1.13. The Hall–Kier alpha value is -1.13. The lowest BCUT2D eigenvalue weighted by atomic mass is 10.1. The number of aliphatic hydroxyl groups is 1. The van der Waals surface area contributed by atoms with Crippen LogP contribution in [0.15, 0.2) is 18.2 Å². The third kappa shape index (κ3) is 3.49. The average molecular weight is 214 g/mol. The summed E-state index contributed by atoms with van der Waals surface area (Å²) in [5.41, 5.74) is 0.263. The van der Waals surface area contributed by atoms with Crippen LogP contribution in [0.1, 0.15) is 25.5 Å². The van der Waals surface area contributed by atoms with Crippen molar-refractivity contribution in [2.45, 2.75) is 20.0 Å². The molecule has 0 bridgehead atoms. The number of benzene rings is 1. The van der Waals surface area contributed by atoms with Gasteiger partial charge in [-0.25, -0.2) is 4.39 Å². The minimum absolute atomic E-state index is 0.101. The number of aliphatic hydroxyl groups excluding tert-OH is 1. The van der Waals surface area contributed by atoms with Gasteiger partial charge < -0.3 is 14.6 Å². The fourth-order valence-electron chi connectivity index (χ4n) is 1.13. The second-order valence-corrected chi connectivity index (χ2v) is 3.11. The van der Waals surface area contributed by atoms with Crippen LogP contribution in [-0.2, 0) is 4.74 Å². The van der Waals surface area contributed by atoms with E-state index in [9.17, 15) is 9.50 Å². The van der Waals surface area contributed by atoms with E-state index >= 15 is 0 Å². The van der Waals surface area contributed by atoms with E-state index in [0.717, 1.165) is 0 Å². The molecule has 0 saturated heterocycles. The Kier molecular flexibility index (Phi) is 4.52. The van der Waals surface area contributed by atoms with Crippen molar-refractivity contribution in [2.75, 3.05) is 13.4 Å². The summed E-state index contributed by atoms with van der Waals surface area (Å²) >= 11 is 0. The molecule has 1 N–H and O–H groups in total. The molecule has 0 radical (unpaired) electrons. The smallest absolute Gasteiger partial charge is 0.189 e. The highest BCUT2D eigenvalue weighted by Gasteiger charge is 2.08. The lowest BCUT2D eigenvalue weighted by molar-refractivity contribution is 0.0222. The standard InChI is InChI=1S/C11H15FO3/c1-3-14-7-15-9-4-5-10(8(2)13)11(12)6-9/h4-6,8,13H,3,7H2,1-2H3/t8-/m0/s1. The number of ether oxygens (including phenoxy) is 2. The number of halogens is 1. The van der Waals surface area contributed by atoms with Gasteiger partial charge >= 0.3 is 0 Å². The van der Waals surface area contributed by atoms with Gasteiger partial charge in [-0.3, -0.25) is 0 Å². The molecule has 0 aliphatic rings. The molecule has 3 nitrogen and oxygen atoms in total. The predicted octanol–water partition coefficient (Wildman–Crippen LogP) is 2.25. The molecule has 1 atom stereocenters. The van der Waals surface area contributed by atoms with Crippen molar-refractivity contribution < 1.29 is 19.0 Å². The molecule has 0 aromatic heterocycles. The zero-order valence-electron chi connectivity index (χ0n) is 8.87. The first-order valence-electron chi connectivity index (χ1n) is 4.83. The third-order valence-electron chi connectivity index (χ3n) is 1.94. The van der Waals surface area contributed by atoms with Crippen LogP contribution in [0.5, 0.6) is 5.75 Å². The molecule has 1 rings (SSSR count). The first kappa shape index (κ1) is 11.9. The van der Waals surface area contributed by atoms with E-state index in [-0.39, 0.29) is 12.4 Å². The molecule has 0 aliphatic heterocycles. The molecule has 0 spiro atoms. The molecule has 0 fully saturated rings. The van der Waals surface area contributed by atoms with Gasteiger partial charge in [-0.05, 0) is 26.0 Å². The van der Waals surface area contributed by atoms with Gasteiger partial charge in [-0.2, -0.15) is 0 Å². The van der Waals surface area contributed by atoms with E-state index in [1.807, 2.05) is 6.92 Å². The van der Waals surface area contributed by atoms with Crippen LogP contribution in [-0.4, -0.2) is 18.5 Å². The minimum atomic E-state index is -0.814. The third-order valence-corrected chi connectivity index (χ3v) is 1.94. The molecule has 15 heavy (non-hydrogen) atoms. The number of hydrogen-bond acceptors (Lipinski definition) is 3. The van der Waals surface area contributed by atoms with Crippen molar-refractivity contribution in [3.05, 3.63) is 29.6 Å². The number of hydrogen-bond donors (Lipinski definition) is 1. The van der Waals surface area contributed by atoms with Crippen molar-refractivity contribution >= 4 is 0 Å². The Morgan fingerprint density at radius 1 is 1.47 bits per heavy atom. The van der Waals surface area contributed by atoms with Crippen molar-refractivity contribution in [2.24, 2.45) is 0 Å². The normalized spacial score (nSPS) is 12.5. The summed E-state index contributed by atoms with van der Waals surface area (Å²) in [6, 6.07) is 4.34. The molecule has 0 heterocycles. The van der Waals surface area contributed by atoms with Crippen LogP contribution in [0.4, 0.5) is 4.39 Å². The topological polar surface area (TPSA) is 38.7 Å². The van der Waals surface area contributed by atoms with Gasteiger partial charge in [0.25, 0.3) is 0 Å². The second kappa shape index (κ2) is 5.68. The molecule has 0 aliphatic carbocycles. The summed E-state index contributed by atoms with van der Waals surface area (Å²) in [5, 5.41) is 9.20. The maximum Gasteiger partial charge on any atom is 0.189 e. The molecule has 0 saturated carbocycles. The monoisotopic (exact) mass is 214 g/mol. The van der Waals surface area contributed by atoms with Crippen molar-refractivity contribution in [1.82, 2.24) is 0 Å². The predicted molar refractivity (Wildman–Crippen MR) is 54.2 cm³/mol. The van der Waals surface area contributed by atoms with Crippen LogP contribution in [0.3, 0.4) is 0 Å². The largest absolute Gasteiger partial charge is 0.467 e. The van der Waals surface area contributed by atoms with E-state index in [0.29, 0.717) is 12.4 Å². The summed E-state index contributed by atoms with van der Waals surface area (Å²) in [6.45, 7) is 4.01. The van der Waals surface area contributed by atoms with Crippen LogP contribution < -0.4 is 4.74 Å². The molecule has 0 amide bonds. The van der Waals surface area contributed by atoms with E-state index < -0.39 is 11.9 Å². The zero-order valence-corrected chi connectivity index (χ0v) is 8.87. The Bertz CT molecular complexity index is 313. The van der Waals surface area contributed by atoms with Crippen LogP contribution >= 0.6 is 0 Å². The summed E-state index contributed by atoms with van der Waals surface area (Å²) in [7, 11) is 0. The SMILES string of the molecule is CCOCOc1ccc([C@H](C)O)c(F)c1. The van der Waals surface area contributed by atoms with E-state index in [4.69, 9.17) is 9.47 Å². The van der Waals surface area contributed by atoms with Gasteiger partial charge in [0, 0.05) is 18.2 Å². The first-order valence-corrected chi connectivity index (χ1v) is 4.83. The van der Waals surface area contributed by atoms with Gasteiger partial charge in [0.05, 0.1) is 6.10 Å². The molecule has 1 aromatic carbocycles. The van der Waals surface area contributed by atoms with E-state index in [1.54, 1.807) is 6.07 Å². The zero-order chi connectivity index (χ0) is 11.3. The average Bonchev–Trinajstić information content (AvgIpc) is 2.17. The first-order chi connectivity index (χ1) is 7.15. The van der Waals surface area contributed by atoms with Crippen LogP contribution in [0.25, 0.3) is 0 Å². The Labute approximate surface area is 88.4 Å². The summed E-state index contributed by atoms with van der Waals surface area (Å²) in [4.78, 5) is 0. The van der Waals surface area contributed by atoms with Crippen LogP contribution in [0.2, 0.25) is 0 Å². The Morgan fingerprint density at radius 2 is 2.20 bits per heavy atom. The highest BCUT2D eigenvalue weighted by molar-refractivity contribution is 5.29. The van der Waals surface area contributed by atoms with Gasteiger partial charge in [0.1, 0.15) is 11.6 Å². The lowest BCUT2D eigenvalue weighted by Crippen LogP contribution is -2.03. The van der Waals surface area contributed by atoms with Crippen molar-refractivity contribution in [3.8, 4) is 5.75 Å². The summed E-state index contributed by atoms with van der Waals surface area (Å²) in [6.07, 6.45) is -0.814. The minimum Gasteiger partial charge on any atom is -0.467 e. The van der Waals surface area contributed by atoms with Crippen molar-refractivity contribution in [3.63, 3.8) is 0 Å². The summed E-state index contributed by atoms with van der Waals surface area (Å²) in [5.74, 6) is -0.0793. The van der Waals surface area contributed by atoms with E-state index in [1.165, 1.54) is 19.1 Å². The fraction of sp³-hybridized carbons (Fsp3) is 0.455. The maximum absolute atomic E-state index is 13.3. The van der Waals surface area contributed by atoms with Crippen LogP contribution in [0, 0.1) is 5.82 Å². The summed E-state index contributed by atoms with van der Waals surface area (Å²) < 4.78 is 23.4. The quantitative estimate of drug-likeness (QED) is 0.603. The molecule has 0 unspecified atom stereocenters. The van der Waals surface area contributed by atoms with E-state index in [2.05, 4.69) is 0 Å². The second-order valence-electron chi connectivity index (χ2n) is 3.11. The molecule has 1 aromatic rings. The Balaban J connectivity index is 2.65. The number of rotatable bonds is 5. The van der Waals surface area contributed by atoms with Gasteiger partial charge in [0.2, 0.25) is 0 Å². The highest BCUT2D eigenvalue weighted by atomic mass is 19.1. The lowest BCUT2D eigenvalue weighted by Gasteiger charge is -2.09. The van der Waals surface area contributed by atoms with Crippen molar-refractivity contribution in [1.29, 1.82) is 0 Å². The van der Waals surface area contributed by atoms with Gasteiger partial charge in [-0.15, -0.1) is 0 Å². The van der Waals surface area contributed by atoms with Gasteiger partial charge in [0.15, 0.2) is 6.79 Å². The molecular formula is C11H15FO3. The van der Waals surface area contributed by atoms with Gasteiger partial charge in [-0.1, -0.05) is 0 Å². The molecule has 84 valence electrons. The molecular weight excluding hydrogens is 199 g/mol. The highest BCUT2D eigenvalue weighted by Crippen LogP contribution is 2.21. The molecule has 4 heteroatoms. The Morgan fingerprint density at radius 3 is 2.73 bits per heavy atom.